The van der Waals surface area contributed by atoms with Crippen LogP contribution in [0.3, 0.4) is 0 Å². The van der Waals surface area contributed by atoms with Gasteiger partial charge in [-0.15, -0.1) is 20.4 Å². The standard InChI is InChI=1S/C38H26F6N6S2/c1-36(2,3)27-19-23(32-47-49-34(51-32)30-14-6-12-28(45-30)21-8-4-10-25(17-21)37(39,40)41)16-24(20-27)33-48-50-35(52-33)31-15-7-13-29(46-31)22-9-5-11-26(18-22)38(42,43)44/h4-20H,1-3H3. The van der Waals surface area contributed by atoms with Crippen LogP contribution < -0.4 is 0 Å². The SMILES string of the molecule is CC(C)(C)c1cc(-c2nnc(-c3cccc(-c4cccc(C(F)(F)F)c4)n3)s2)cc(-c2nnc(-c3cccc(-c4cccc(C(F)(F)F)c4)n3)s2)c1. The van der Waals surface area contributed by atoms with Gasteiger partial charge in [0.05, 0.1) is 22.5 Å². The van der Waals surface area contributed by atoms with Crippen molar-refractivity contribution in [2.75, 3.05) is 0 Å². The van der Waals surface area contributed by atoms with Gasteiger partial charge in [-0.2, -0.15) is 26.3 Å². The fourth-order valence-corrected chi connectivity index (χ4v) is 6.93. The van der Waals surface area contributed by atoms with Gasteiger partial charge < -0.3 is 0 Å². The van der Waals surface area contributed by atoms with Gasteiger partial charge in [-0.25, -0.2) is 9.97 Å². The Kier molecular flexibility index (Phi) is 8.99. The predicted octanol–water partition coefficient (Wildman–Crippen LogP) is 11.5. The molecule has 0 spiro atoms. The van der Waals surface area contributed by atoms with Crippen molar-refractivity contribution in [3.05, 3.63) is 120 Å². The molecule has 0 atom stereocenters. The van der Waals surface area contributed by atoms with Gasteiger partial charge in [-0.05, 0) is 77.7 Å². The van der Waals surface area contributed by atoms with Crippen LogP contribution in [-0.2, 0) is 17.8 Å². The summed E-state index contributed by atoms with van der Waals surface area (Å²) in [5.41, 5.74) is 3.15. The summed E-state index contributed by atoms with van der Waals surface area (Å²) in [4.78, 5) is 9.21. The van der Waals surface area contributed by atoms with Crippen molar-refractivity contribution in [2.45, 2.75) is 38.5 Å². The van der Waals surface area contributed by atoms with E-state index in [2.05, 4.69) is 51.1 Å². The van der Waals surface area contributed by atoms with Crippen molar-refractivity contribution in [1.29, 1.82) is 0 Å². The Bertz CT molecular complexity index is 2250. The first-order chi connectivity index (χ1) is 24.6. The van der Waals surface area contributed by atoms with Gasteiger partial charge in [0.1, 0.15) is 21.4 Å². The van der Waals surface area contributed by atoms with Crippen molar-refractivity contribution < 1.29 is 26.3 Å². The normalized spacial score (nSPS) is 12.3. The molecule has 0 amide bonds. The van der Waals surface area contributed by atoms with Crippen LogP contribution in [0.15, 0.2) is 103 Å². The van der Waals surface area contributed by atoms with Crippen LogP contribution in [0.25, 0.3) is 65.1 Å². The van der Waals surface area contributed by atoms with Gasteiger partial charge in [-0.1, -0.05) is 79.8 Å². The number of nitrogens with zero attached hydrogens (tertiary/aromatic N) is 6. The van der Waals surface area contributed by atoms with E-state index in [0.717, 1.165) is 41.0 Å². The van der Waals surface area contributed by atoms with Gasteiger partial charge in [-0.3, -0.25) is 0 Å². The van der Waals surface area contributed by atoms with E-state index in [4.69, 9.17) is 0 Å². The third kappa shape index (κ3) is 7.48. The number of pyridine rings is 2. The number of benzene rings is 3. The van der Waals surface area contributed by atoms with E-state index in [-0.39, 0.29) is 5.41 Å². The highest BCUT2D eigenvalue weighted by atomic mass is 32.1. The molecule has 0 aliphatic rings. The number of halogens is 6. The molecule has 7 rings (SSSR count). The summed E-state index contributed by atoms with van der Waals surface area (Å²) in [6.45, 7) is 6.25. The summed E-state index contributed by atoms with van der Waals surface area (Å²) >= 11 is 2.60. The highest BCUT2D eigenvalue weighted by Crippen LogP contribution is 2.39. The van der Waals surface area contributed by atoms with Gasteiger partial charge in [0.25, 0.3) is 0 Å². The summed E-state index contributed by atoms with van der Waals surface area (Å²) < 4.78 is 80.1. The summed E-state index contributed by atoms with van der Waals surface area (Å²) in [6.07, 6.45) is -8.95. The maximum absolute atomic E-state index is 13.3. The van der Waals surface area contributed by atoms with E-state index in [1.165, 1.54) is 34.8 Å². The first-order valence-corrected chi connectivity index (χ1v) is 17.4. The minimum atomic E-state index is -4.48. The molecule has 0 aliphatic carbocycles. The minimum absolute atomic E-state index is 0.256. The second-order valence-corrected chi connectivity index (χ2v) is 14.8. The van der Waals surface area contributed by atoms with E-state index in [0.29, 0.717) is 53.9 Å². The summed E-state index contributed by atoms with van der Waals surface area (Å²) in [5.74, 6) is 0. The Balaban J connectivity index is 1.20. The predicted molar refractivity (Wildman–Crippen MR) is 190 cm³/mol. The summed E-state index contributed by atoms with van der Waals surface area (Å²) in [7, 11) is 0. The molecule has 0 unspecified atom stereocenters. The van der Waals surface area contributed by atoms with Crippen LogP contribution in [0, 0.1) is 0 Å². The molecule has 14 heteroatoms. The van der Waals surface area contributed by atoms with Crippen LogP contribution in [0.2, 0.25) is 0 Å². The first-order valence-electron chi connectivity index (χ1n) is 15.8. The topological polar surface area (TPSA) is 77.3 Å². The number of alkyl halides is 6. The van der Waals surface area contributed by atoms with Crippen LogP contribution >= 0.6 is 22.7 Å². The zero-order chi connectivity index (χ0) is 36.8. The molecule has 0 fully saturated rings. The van der Waals surface area contributed by atoms with E-state index in [9.17, 15) is 26.3 Å². The largest absolute Gasteiger partial charge is 0.416 e. The Morgan fingerprint density at radius 1 is 0.404 bits per heavy atom. The Hall–Kier alpha value is -5.34. The average Bonchev–Trinajstić information content (AvgIpc) is 3.82. The summed E-state index contributed by atoms with van der Waals surface area (Å²) in [5, 5.41) is 19.9. The third-order valence-corrected chi connectivity index (χ3v) is 10.0. The zero-order valence-electron chi connectivity index (χ0n) is 27.6. The van der Waals surface area contributed by atoms with Crippen LogP contribution in [0.4, 0.5) is 26.3 Å². The molecule has 4 heterocycles. The lowest BCUT2D eigenvalue weighted by Crippen LogP contribution is -2.11. The second kappa shape index (κ2) is 13.3. The molecule has 0 aliphatic heterocycles. The number of hydrogen-bond donors (Lipinski definition) is 0. The number of aromatic nitrogens is 6. The number of hydrogen-bond acceptors (Lipinski definition) is 8. The number of rotatable bonds is 6. The van der Waals surface area contributed by atoms with Crippen molar-refractivity contribution in [3.63, 3.8) is 0 Å². The molecule has 0 N–H and O–H groups in total. The highest BCUT2D eigenvalue weighted by Gasteiger charge is 2.31. The molecule has 4 aromatic heterocycles. The quantitative estimate of drug-likeness (QED) is 0.158. The van der Waals surface area contributed by atoms with E-state index in [1.54, 1.807) is 48.5 Å². The molecule has 0 bridgehead atoms. The lowest BCUT2D eigenvalue weighted by atomic mass is 9.85. The molecule has 52 heavy (non-hydrogen) atoms. The Morgan fingerprint density at radius 3 is 1.17 bits per heavy atom. The van der Waals surface area contributed by atoms with E-state index < -0.39 is 23.5 Å². The van der Waals surface area contributed by atoms with Crippen molar-refractivity contribution in [3.8, 4) is 65.1 Å². The third-order valence-electron chi connectivity index (χ3n) is 8.05. The maximum atomic E-state index is 13.3. The fraction of sp³-hybridized carbons (Fsp3) is 0.158. The lowest BCUT2D eigenvalue weighted by molar-refractivity contribution is -0.138. The molecular weight excluding hydrogens is 719 g/mol. The first kappa shape index (κ1) is 35.1. The highest BCUT2D eigenvalue weighted by molar-refractivity contribution is 7.18. The summed E-state index contributed by atoms with van der Waals surface area (Å²) in [6, 6.07) is 26.2. The molecule has 3 aromatic carbocycles. The van der Waals surface area contributed by atoms with Gasteiger partial charge in [0, 0.05) is 22.3 Å². The van der Waals surface area contributed by atoms with Crippen molar-refractivity contribution >= 4 is 22.7 Å². The smallest absolute Gasteiger partial charge is 0.245 e. The van der Waals surface area contributed by atoms with Gasteiger partial charge >= 0.3 is 12.4 Å². The maximum Gasteiger partial charge on any atom is 0.416 e. The van der Waals surface area contributed by atoms with Crippen molar-refractivity contribution in [2.24, 2.45) is 0 Å². The molecule has 0 saturated heterocycles. The Morgan fingerprint density at radius 2 is 0.769 bits per heavy atom. The van der Waals surface area contributed by atoms with Gasteiger partial charge in [0.15, 0.2) is 10.0 Å². The van der Waals surface area contributed by atoms with E-state index >= 15 is 0 Å². The average molecular weight is 745 g/mol. The zero-order valence-corrected chi connectivity index (χ0v) is 29.2. The van der Waals surface area contributed by atoms with Crippen LogP contribution in [0.5, 0.6) is 0 Å². The molecule has 0 radical (unpaired) electrons. The molecule has 6 nitrogen and oxygen atoms in total. The van der Waals surface area contributed by atoms with Gasteiger partial charge in [0.2, 0.25) is 0 Å². The van der Waals surface area contributed by atoms with Crippen LogP contribution in [0.1, 0.15) is 37.5 Å². The van der Waals surface area contributed by atoms with Crippen molar-refractivity contribution in [1.82, 2.24) is 30.4 Å². The molecule has 0 saturated carbocycles. The minimum Gasteiger partial charge on any atom is -0.245 e. The molecule has 7 aromatic rings. The monoisotopic (exact) mass is 744 g/mol. The lowest BCUT2D eigenvalue weighted by Gasteiger charge is -2.20. The van der Waals surface area contributed by atoms with E-state index in [1.807, 2.05) is 18.2 Å². The fourth-order valence-electron chi connectivity index (χ4n) is 5.33. The van der Waals surface area contributed by atoms with Crippen LogP contribution in [-0.4, -0.2) is 30.4 Å². The molecular formula is C38H26F6N6S2. The Labute approximate surface area is 301 Å². The molecule has 262 valence electrons. The second-order valence-electron chi connectivity index (χ2n) is 12.8.